The third kappa shape index (κ3) is 4.42. The first-order valence-electron chi connectivity index (χ1n) is 7.01. The molecule has 20 heavy (non-hydrogen) atoms. The van der Waals surface area contributed by atoms with E-state index in [4.69, 9.17) is 0 Å². The predicted molar refractivity (Wildman–Crippen MR) is 81.8 cm³/mol. The fraction of sp³-hybridized carbons (Fsp3) is 0.533. The van der Waals surface area contributed by atoms with Gasteiger partial charge in [-0.3, -0.25) is 0 Å². The summed E-state index contributed by atoms with van der Waals surface area (Å²) in [6, 6.07) is 7.97. The van der Waals surface area contributed by atoms with Crippen LogP contribution in [0, 0.1) is 5.92 Å². The van der Waals surface area contributed by atoms with Crippen LogP contribution in [0.5, 0.6) is 0 Å². The number of aliphatic hydroxyl groups is 1. The summed E-state index contributed by atoms with van der Waals surface area (Å²) in [4.78, 5) is 12.9. The van der Waals surface area contributed by atoms with E-state index in [1.807, 2.05) is 18.4 Å². The number of carbonyl (C=O) groups excluding carboxylic acids is 1. The highest BCUT2D eigenvalue weighted by atomic mass is 32.2. The lowest BCUT2D eigenvalue weighted by atomic mass is 10.1. The third-order valence-electron chi connectivity index (χ3n) is 3.76. The fourth-order valence-corrected chi connectivity index (χ4v) is 2.88. The Morgan fingerprint density at radius 2 is 2.05 bits per heavy atom. The molecule has 0 aliphatic heterocycles. The van der Waals surface area contributed by atoms with Crippen LogP contribution < -0.4 is 10.6 Å². The molecule has 0 heterocycles. The Labute approximate surface area is 124 Å². The van der Waals surface area contributed by atoms with E-state index in [1.54, 1.807) is 11.8 Å². The molecule has 1 aromatic carbocycles. The first-order valence-corrected chi connectivity index (χ1v) is 8.24. The summed E-state index contributed by atoms with van der Waals surface area (Å²) >= 11 is 1.70. The number of thioether (sulfide) groups is 1. The second-order valence-electron chi connectivity index (χ2n) is 5.17. The van der Waals surface area contributed by atoms with Crippen LogP contribution in [0.15, 0.2) is 29.2 Å². The highest BCUT2D eigenvalue weighted by molar-refractivity contribution is 7.98. The SMILES string of the molecule is CSc1ccc(CNC(=O)NC[C@H]2CCC[C@H]2O)cc1. The van der Waals surface area contributed by atoms with Crippen molar-refractivity contribution in [3.63, 3.8) is 0 Å². The lowest BCUT2D eigenvalue weighted by Gasteiger charge is -2.15. The van der Waals surface area contributed by atoms with E-state index in [-0.39, 0.29) is 18.1 Å². The Hall–Kier alpha value is -1.20. The second-order valence-corrected chi connectivity index (χ2v) is 6.05. The van der Waals surface area contributed by atoms with Gasteiger partial charge in [-0.05, 0) is 36.8 Å². The molecule has 0 radical (unpaired) electrons. The maximum atomic E-state index is 11.7. The van der Waals surface area contributed by atoms with Crippen LogP contribution in [0.4, 0.5) is 4.79 Å². The average Bonchev–Trinajstić information content (AvgIpc) is 2.89. The Kier molecular flexibility index (Phi) is 5.73. The highest BCUT2D eigenvalue weighted by Gasteiger charge is 2.25. The minimum Gasteiger partial charge on any atom is -0.393 e. The fourth-order valence-electron chi connectivity index (χ4n) is 2.47. The van der Waals surface area contributed by atoms with E-state index in [1.165, 1.54) is 4.90 Å². The van der Waals surface area contributed by atoms with Crippen molar-refractivity contribution < 1.29 is 9.90 Å². The summed E-state index contributed by atoms with van der Waals surface area (Å²) in [7, 11) is 0. The van der Waals surface area contributed by atoms with Crippen LogP contribution in [0.1, 0.15) is 24.8 Å². The Balaban J connectivity index is 1.69. The van der Waals surface area contributed by atoms with E-state index in [0.29, 0.717) is 13.1 Å². The molecule has 1 aliphatic carbocycles. The van der Waals surface area contributed by atoms with E-state index >= 15 is 0 Å². The molecule has 5 heteroatoms. The highest BCUT2D eigenvalue weighted by Crippen LogP contribution is 2.24. The molecule has 0 spiro atoms. The van der Waals surface area contributed by atoms with Crippen LogP contribution in [0.3, 0.4) is 0 Å². The van der Waals surface area contributed by atoms with Crippen molar-refractivity contribution in [1.29, 1.82) is 0 Å². The Bertz CT molecular complexity index is 436. The zero-order valence-electron chi connectivity index (χ0n) is 11.8. The summed E-state index contributed by atoms with van der Waals surface area (Å²) in [6.45, 7) is 1.08. The quantitative estimate of drug-likeness (QED) is 0.731. The summed E-state index contributed by atoms with van der Waals surface area (Å²) in [5.41, 5.74) is 1.08. The van der Waals surface area contributed by atoms with Gasteiger partial charge in [-0.2, -0.15) is 0 Å². The molecule has 3 N–H and O–H groups in total. The van der Waals surface area contributed by atoms with Gasteiger partial charge in [0.1, 0.15) is 0 Å². The van der Waals surface area contributed by atoms with Gasteiger partial charge in [0.05, 0.1) is 6.10 Å². The number of hydrogen-bond donors (Lipinski definition) is 3. The van der Waals surface area contributed by atoms with Crippen molar-refractivity contribution >= 4 is 17.8 Å². The molecule has 1 saturated carbocycles. The molecule has 2 atom stereocenters. The van der Waals surface area contributed by atoms with Gasteiger partial charge >= 0.3 is 6.03 Å². The molecule has 1 aromatic rings. The number of amides is 2. The Morgan fingerprint density at radius 1 is 1.30 bits per heavy atom. The second kappa shape index (κ2) is 7.55. The van der Waals surface area contributed by atoms with Gasteiger partial charge in [0.15, 0.2) is 0 Å². The number of aliphatic hydroxyl groups excluding tert-OH is 1. The normalized spacial score (nSPS) is 21.7. The molecule has 0 aromatic heterocycles. The van der Waals surface area contributed by atoms with E-state index in [9.17, 15) is 9.90 Å². The molecule has 0 saturated heterocycles. The van der Waals surface area contributed by atoms with Crippen LogP contribution in [0.25, 0.3) is 0 Å². The number of nitrogens with one attached hydrogen (secondary N) is 2. The zero-order valence-corrected chi connectivity index (χ0v) is 12.6. The maximum absolute atomic E-state index is 11.7. The molecule has 1 fully saturated rings. The van der Waals surface area contributed by atoms with Gasteiger partial charge in [-0.1, -0.05) is 18.6 Å². The number of carbonyl (C=O) groups is 1. The van der Waals surface area contributed by atoms with Crippen LogP contribution in [-0.4, -0.2) is 30.0 Å². The summed E-state index contributed by atoms with van der Waals surface area (Å²) in [5.74, 6) is 0.210. The first kappa shape index (κ1) is 15.2. The van der Waals surface area contributed by atoms with Gasteiger partial charge in [0.25, 0.3) is 0 Å². The van der Waals surface area contributed by atoms with Gasteiger partial charge < -0.3 is 15.7 Å². The number of rotatable bonds is 5. The molecule has 4 nitrogen and oxygen atoms in total. The lowest BCUT2D eigenvalue weighted by Crippen LogP contribution is -2.39. The van der Waals surface area contributed by atoms with E-state index < -0.39 is 0 Å². The van der Waals surface area contributed by atoms with E-state index in [2.05, 4.69) is 22.8 Å². The zero-order chi connectivity index (χ0) is 14.4. The van der Waals surface area contributed by atoms with Gasteiger partial charge in [-0.25, -0.2) is 4.79 Å². The van der Waals surface area contributed by atoms with Gasteiger partial charge in [0, 0.05) is 23.9 Å². The third-order valence-corrected chi connectivity index (χ3v) is 4.50. The molecule has 2 rings (SSSR count). The number of urea groups is 1. The van der Waals surface area contributed by atoms with Crippen LogP contribution in [0.2, 0.25) is 0 Å². The average molecular weight is 294 g/mol. The minimum atomic E-state index is -0.255. The smallest absolute Gasteiger partial charge is 0.315 e. The maximum Gasteiger partial charge on any atom is 0.315 e. The monoisotopic (exact) mass is 294 g/mol. The molecular weight excluding hydrogens is 272 g/mol. The van der Waals surface area contributed by atoms with Crippen molar-refractivity contribution in [3.8, 4) is 0 Å². The van der Waals surface area contributed by atoms with Crippen LogP contribution in [-0.2, 0) is 6.54 Å². The molecule has 2 amide bonds. The topological polar surface area (TPSA) is 61.4 Å². The van der Waals surface area contributed by atoms with Crippen molar-refractivity contribution in [2.75, 3.05) is 12.8 Å². The molecular formula is C15H22N2O2S. The van der Waals surface area contributed by atoms with Crippen molar-refractivity contribution in [1.82, 2.24) is 10.6 Å². The van der Waals surface area contributed by atoms with E-state index in [0.717, 1.165) is 24.8 Å². The van der Waals surface area contributed by atoms with Gasteiger partial charge in [-0.15, -0.1) is 11.8 Å². The molecule has 110 valence electrons. The molecule has 0 unspecified atom stereocenters. The van der Waals surface area contributed by atoms with Crippen molar-refractivity contribution in [2.45, 2.75) is 36.8 Å². The van der Waals surface area contributed by atoms with Gasteiger partial charge in [0.2, 0.25) is 0 Å². The standard InChI is InChI=1S/C15H22N2O2S/c1-20-13-7-5-11(6-8-13)9-16-15(19)17-10-12-3-2-4-14(12)18/h5-8,12,14,18H,2-4,9-10H2,1H3,(H2,16,17,19)/t12-,14-/m1/s1. The Morgan fingerprint density at radius 3 is 2.65 bits per heavy atom. The first-order chi connectivity index (χ1) is 9.69. The lowest BCUT2D eigenvalue weighted by molar-refractivity contribution is 0.132. The van der Waals surface area contributed by atoms with Crippen molar-refractivity contribution in [3.05, 3.63) is 29.8 Å². The largest absolute Gasteiger partial charge is 0.393 e. The molecule has 1 aliphatic rings. The molecule has 0 bridgehead atoms. The van der Waals surface area contributed by atoms with Crippen LogP contribution >= 0.6 is 11.8 Å². The van der Waals surface area contributed by atoms with Crippen molar-refractivity contribution in [2.24, 2.45) is 5.92 Å². The summed E-state index contributed by atoms with van der Waals surface area (Å²) < 4.78 is 0. The number of benzene rings is 1. The summed E-state index contributed by atoms with van der Waals surface area (Å²) in [5, 5.41) is 15.4. The number of hydrogen-bond acceptors (Lipinski definition) is 3. The summed E-state index contributed by atoms with van der Waals surface area (Å²) in [6.07, 6.45) is 4.69. The minimum absolute atomic E-state index is 0.168. The predicted octanol–water partition coefficient (Wildman–Crippen LogP) is 2.37.